The molecule has 0 fully saturated rings. The molecular formula is C14H13BrF2N2. The van der Waals surface area contributed by atoms with E-state index in [1.807, 2.05) is 24.1 Å². The third-order valence-corrected chi connectivity index (χ3v) is 3.32. The molecule has 0 spiro atoms. The summed E-state index contributed by atoms with van der Waals surface area (Å²) in [6, 6.07) is 9.07. The average Bonchev–Trinajstić information content (AvgIpc) is 2.32. The van der Waals surface area contributed by atoms with Gasteiger partial charge in [-0.1, -0.05) is 22.0 Å². The monoisotopic (exact) mass is 326 g/mol. The number of rotatable bonds is 3. The fraction of sp³-hybridized carbons (Fsp3) is 0.143. The van der Waals surface area contributed by atoms with Crippen molar-refractivity contribution in [1.82, 2.24) is 0 Å². The largest absolute Gasteiger partial charge is 0.397 e. The maximum atomic E-state index is 13.6. The standard InChI is InChI=1S/C14H13BrF2N2/c1-19(14-5-3-10(15)6-13(14)18)8-9-2-4-11(16)7-12(9)17/h2-7H,8,18H2,1H3. The van der Waals surface area contributed by atoms with Crippen LogP contribution in [0.15, 0.2) is 40.9 Å². The topological polar surface area (TPSA) is 29.3 Å². The summed E-state index contributed by atoms with van der Waals surface area (Å²) in [7, 11) is 1.81. The van der Waals surface area contributed by atoms with Crippen LogP contribution in [0.4, 0.5) is 20.2 Å². The molecule has 5 heteroatoms. The Balaban J connectivity index is 2.23. The van der Waals surface area contributed by atoms with E-state index in [0.717, 1.165) is 16.2 Å². The first kappa shape index (κ1) is 13.8. The number of hydrogen-bond acceptors (Lipinski definition) is 2. The second-order valence-electron chi connectivity index (χ2n) is 4.29. The van der Waals surface area contributed by atoms with E-state index in [-0.39, 0.29) is 0 Å². The molecule has 100 valence electrons. The molecule has 2 aromatic rings. The smallest absolute Gasteiger partial charge is 0.131 e. The van der Waals surface area contributed by atoms with Crippen molar-refractivity contribution in [2.45, 2.75) is 6.54 Å². The zero-order chi connectivity index (χ0) is 14.0. The summed E-state index contributed by atoms with van der Waals surface area (Å²) in [4.78, 5) is 1.82. The Morgan fingerprint density at radius 2 is 1.89 bits per heavy atom. The first-order valence-electron chi connectivity index (χ1n) is 5.67. The molecule has 0 aliphatic heterocycles. The van der Waals surface area contributed by atoms with Gasteiger partial charge in [-0.3, -0.25) is 0 Å². The van der Waals surface area contributed by atoms with Crippen molar-refractivity contribution in [1.29, 1.82) is 0 Å². The van der Waals surface area contributed by atoms with Crippen LogP contribution in [0.3, 0.4) is 0 Å². The molecule has 0 heterocycles. The lowest BCUT2D eigenvalue weighted by atomic mass is 10.1. The fourth-order valence-corrected chi connectivity index (χ4v) is 2.24. The molecule has 0 bridgehead atoms. The highest BCUT2D eigenvalue weighted by Crippen LogP contribution is 2.27. The van der Waals surface area contributed by atoms with E-state index in [1.54, 1.807) is 6.07 Å². The molecule has 0 atom stereocenters. The van der Waals surface area contributed by atoms with Crippen LogP contribution in [0.25, 0.3) is 0 Å². The second-order valence-corrected chi connectivity index (χ2v) is 5.21. The Morgan fingerprint density at radius 1 is 1.16 bits per heavy atom. The average molecular weight is 327 g/mol. The van der Waals surface area contributed by atoms with Crippen LogP contribution in [0.1, 0.15) is 5.56 Å². The quantitative estimate of drug-likeness (QED) is 0.865. The molecule has 0 amide bonds. The van der Waals surface area contributed by atoms with E-state index < -0.39 is 11.6 Å². The molecule has 19 heavy (non-hydrogen) atoms. The van der Waals surface area contributed by atoms with Gasteiger partial charge in [0.05, 0.1) is 11.4 Å². The van der Waals surface area contributed by atoms with Gasteiger partial charge in [-0.15, -0.1) is 0 Å². The van der Waals surface area contributed by atoms with E-state index >= 15 is 0 Å². The molecule has 0 saturated carbocycles. The molecule has 0 saturated heterocycles. The third kappa shape index (κ3) is 3.23. The molecule has 0 unspecified atom stereocenters. The van der Waals surface area contributed by atoms with Gasteiger partial charge in [-0.05, 0) is 24.3 Å². The van der Waals surface area contributed by atoms with Gasteiger partial charge in [0.2, 0.25) is 0 Å². The summed E-state index contributed by atoms with van der Waals surface area (Å²) in [5.74, 6) is -1.13. The Kier molecular flexibility index (Phi) is 4.04. The molecule has 2 N–H and O–H groups in total. The summed E-state index contributed by atoms with van der Waals surface area (Å²) in [5.41, 5.74) is 7.73. The minimum Gasteiger partial charge on any atom is -0.397 e. The molecule has 0 aromatic heterocycles. The SMILES string of the molecule is CN(Cc1ccc(F)cc1F)c1ccc(Br)cc1N. The number of hydrogen-bond donors (Lipinski definition) is 1. The number of halogens is 3. The lowest BCUT2D eigenvalue weighted by molar-refractivity contribution is 0.571. The van der Waals surface area contributed by atoms with Crippen molar-refractivity contribution in [3.05, 3.63) is 58.1 Å². The van der Waals surface area contributed by atoms with Crippen LogP contribution in [-0.2, 0) is 6.54 Å². The van der Waals surface area contributed by atoms with Gasteiger partial charge in [0.15, 0.2) is 0 Å². The van der Waals surface area contributed by atoms with E-state index in [1.165, 1.54) is 12.1 Å². The van der Waals surface area contributed by atoms with Gasteiger partial charge in [0, 0.05) is 29.7 Å². The first-order valence-corrected chi connectivity index (χ1v) is 6.47. The van der Waals surface area contributed by atoms with Crippen molar-refractivity contribution in [2.24, 2.45) is 0 Å². The van der Waals surface area contributed by atoms with E-state index in [4.69, 9.17) is 5.73 Å². The maximum absolute atomic E-state index is 13.6. The lowest BCUT2D eigenvalue weighted by Gasteiger charge is -2.21. The number of anilines is 2. The van der Waals surface area contributed by atoms with Gasteiger partial charge in [-0.25, -0.2) is 8.78 Å². The van der Waals surface area contributed by atoms with Crippen LogP contribution in [0, 0.1) is 11.6 Å². The number of nitrogen functional groups attached to an aromatic ring is 1. The van der Waals surface area contributed by atoms with Crippen LogP contribution in [0.2, 0.25) is 0 Å². The predicted molar refractivity (Wildman–Crippen MR) is 77.0 cm³/mol. The van der Waals surface area contributed by atoms with Gasteiger partial charge < -0.3 is 10.6 Å². The number of nitrogens with zero attached hydrogens (tertiary/aromatic N) is 1. The predicted octanol–water partition coefficient (Wildman–Crippen LogP) is 3.95. The lowest BCUT2D eigenvalue weighted by Crippen LogP contribution is -2.18. The zero-order valence-electron chi connectivity index (χ0n) is 10.3. The summed E-state index contributed by atoms with van der Waals surface area (Å²) in [5, 5.41) is 0. The highest BCUT2D eigenvalue weighted by atomic mass is 79.9. The van der Waals surface area contributed by atoms with Crippen molar-refractivity contribution in [2.75, 3.05) is 17.7 Å². The molecular weight excluding hydrogens is 314 g/mol. The van der Waals surface area contributed by atoms with Gasteiger partial charge in [0.1, 0.15) is 11.6 Å². The zero-order valence-corrected chi connectivity index (χ0v) is 11.9. The van der Waals surface area contributed by atoms with E-state index in [2.05, 4.69) is 15.9 Å². The maximum Gasteiger partial charge on any atom is 0.131 e. The molecule has 2 rings (SSSR count). The Bertz CT molecular complexity index is 602. The summed E-state index contributed by atoms with van der Waals surface area (Å²) < 4.78 is 27.3. The highest BCUT2D eigenvalue weighted by molar-refractivity contribution is 9.10. The minimum atomic E-state index is -0.577. The van der Waals surface area contributed by atoms with Crippen molar-refractivity contribution < 1.29 is 8.78 Å². The van der Waals surface area contributed by atoms with Gasteiger partial charge in [-0.2, -0.15) is 0 Å². The van der Waals surface area contributed by atoms with Crippen molar-refractivity contribution in [3.8, 4) is 0 Å². The Labute approximate surface area is 119 Å². The van der Waals surface area contributed by atoms with Gasteiger partial charge >= 0.3 is 0 Å². The summed E-state index contributed by atoms with van der Waals surface area (Å²) in [6.45, 7) is 0.317. The molecule has 0 radical (unpaired) electrons. The molecule has 0 aliphatic carbocycles. The third-order valence-electron chi connectivity index (χ3n) is 2.82. The molecule has 2 nitrogen and oxygen atoms in total. The highest BCUT2D eigenvalue weighted by Gasteiger charge is 2.10. The summed E-state index contributed by atoms with van der Waals surface area (Å²) >= 11 is 3.33. The van der Waals surface area contributed by atoms with Gasteiger partial charge in [0.25, 0.3) is 0 Å². The Hall–Kier alpha value is -1.62. The molecule has 0 aliphatic rings. The number of benzene rings is 2. The summed E-state index contributed by atoms with van der Waals surface area (Å²) in [6.07, 6.45) is 0. The van der Waals surface area contributed by atoms with Crippen LogP contribution < -0.4 is 10.6 Å². The molecule has 2 aromatic carbocycles. The fourth-order valence-electron chi connectivity index (χ4n) is 1.86. The second kappa shape index (κ2) is 5.57. The Morgan fingerprint density at radius 3 is 2.53 bits per heavy atom. The van der Waals surface area contributed by atoms with E-state index in [0.29, 0.717) is 17.8 Å². The van der Waals surface area contributed by atoms with Crippen LogP contribution in [-0.4, -0.2) is 7.05 Å². The van der Waals surface area contributed by atoms with Crippen LogP contribution >= 0.6 is 15.9 Å². The van der Waals surface area contributed by atoms with E-state index in [9.17, 15) is 8.78 Å². The first-order chi connectivity index (χ1) is 8.97. The van der Waals surface area contributed by atoms with Crippen molar-refractivity contribution >= 4 is 27.3 Å². The number of nitrogens with two attached hydrogens (primary N) is 1. The van der Waals surface area contributed by atoms with Crippen LogP contribution in [0.5, 0.6) is 0 Å². The normalized spacial score (nSPS) is 10.5. The van der Waals surface area contributed by atoms with Crippen molar-refractivity contribution in [3.63, 3.8) is 0 Å². The minimum absolute atomic E-state index is 0.317.